The first-order valence-electron chi connectivity index (χ1n) is 12.4. The van der Waals surface area contributed by atoms with Crippen molar-refractivity contribution in [2.45, 2.75) is 32.4 Å². The van der Waals surface area contributed by atoms with Gasteiger partial charge in [0.15, 0.2) is 0 Å². The van der Waals surface area contributed by atoms with E-state index in [1.54, 1.807) is 24.3 Å². The largest absolute Gasteiger partial charge is 0.352 e. The SMILES string of the molecule is Cc1cccc(C(CC(=O)NCc2ccc(F)cc2)c2cn(Cc3ccc(F)cc3)c3ccccc23)c1. The quantitative estimate of drug-likeness (QED) is 0.245. The van der Waals surface area contributed by atoms with Crippen molar-refractivity contribution in [3.63, 3.8) is 0 Å². The van der Waals surface area contributed by atoms with Crippen LogP contribution in [0.3, 0.4) is 0 Å². The van der Waals surface area contributed by atoms with Crippen molar-refractivity contribution in [3.05, 3.63) is 143 Å². The lowest BCUT2D eigenvalue weighted by Crippen LogP contribution is -2.25. The molecule has 0 fully saturated rings. The molecule has 0 aliphatic rings. The second-order valence-electron chi connectivity index (χ2n) is 9.43. The normalized spacial score (nSPS) is 12.0. The van der Waals surface area contributed by atoms with Crippen LogP contribution in [0.1, 0.15) is 40.2 Å². The van der Waals surface area contributed by atoms with Gasteiger partial charge in [0.1, 0.15) is 11.6 Å². The molecule has 37 heavy (non-hydrogen) atoms. The van der Waals surface area contributed by atoms with Crippen LogP contribution in [0.4, 0.5) is 8.78 Å². The van der Waals surface area contributed by atoms with Crippen molar-refractivity contribution in [3.8, 4) is 0 Å². The molecule has 0 bridgehead atoms. The zero-order valence-corrected chi connectivity index (χ0v) is 20.6. The summed E-state index contributed by atoms with van der Waals surface area (Å²) in [6.45, 7) is 2.98. The third-order valence-electron chi connectivity index (χ3n) is 6.70. The number of para-hydroxylation sites is 1. The average Bonchev–Trinajstić information content (AvgIpc) is 3.26. The highest BCUT2D eigenvalue weighted by molar-refractivity contribution is 5.86. The topological polar surface area (TPSA) is 34.0 Å². The van der Waals surface area contributed by atoms with Gasteiger partial charge in [-0.2, -0.15) is 0 Å². The number of aromatic nitrogens is 1. The summed E-state index contributed by atoms with van der Waals surface area (Å²) in [6, 6.07) is 29.1. The molecule has 0 aliphatic heterocycles. The number of aryl methyl sites for hydroxylation is 1. The molecule has 5 heteroatoms. The molecule has 0 saturated heterocycles. The molecule has 4 aromatic carbocycles. The van der Waals surface area contributed by atoms with Crippen LogP contribution in [0.2, 0.25) is 0 Å². The number of hydrogen-bond donors (Lipinski definition) is 1. The molecular weight excluding hydrogens is 466 g/mol. The molecule has 1 heterocycles. The number of nitrogens with zero attached hydrogens (tertiary/aromatic N) is 1. The zero-order chi connectivity index (χ0) is 25.8. The minimum absolute atomic E-state index is 0.0776. The summed E-state index contributed by atoms with van der Waals surface area (Å²) in [4.78, 5) is 13.2. The maximum absolute atomic E-state index is 13.5. The van der Waals surface area contributed by atoms with Crippen LogP contribution in [0.25, 0.3) is 10.9 Å². The summed E-state index contributed by atoms with van der Waals surface area (Å²) in [6.07, 6.45) is 2.39. The fourth-order valence-electron chi connectivity index (χ4n) is 4.82. The van der Waals surface area contributed by atoms with Crippen LogP contribution in [0.5, 0.6) is 0 Å². The standard InChI is InChI=1S/C32H28F2N2O/c1-22-5-4-6-25(17-22)29(18-32(37)35-19-23-9-13-26(33)14-10-23)30-21-36(31-8-3-2-7-28(30)31)20-24-11-15-27(34)16-12-24/h2-17,21,29H,18-20H2,1H3,(H,35,37). The van der Waals surface area contributed by atoms with Crippen LogP contribution in [0, 0.1) is 18.6 Å². The van der Waals surface area contributed by atoms with Gasteiger partial charge < -0.3 is 9.88 Å². The van der Waals surface area contributed by atoms with Crippen molar-refractivity contribution in [2.75, 3.05) is 0 Å². The van der Waals surface area contributed by atoms with E-state index in [0.29, 0.717) is 13.1 Å². The van der Waals surface area contributed by atoms with E-state index in [4.69, 9.17) is 0 Å². The number of rotatable bonds is 8. The van der Waals surface area contributed by atoms with E-state index in [1.807, 2.05) is 31.2 Å². The first-order valence-corrected chi connectivity index (χ1v) is 12.4. The molecule has 5 aromatic rings. The Morgan fingerprint density at radius 2 is 1.51 bits per heavy atom. The average molecular weight is 495 g/mol. The van der Waals surface area contributed by atoms with Crippen LogP contribution in [-0.4, -0.2) is 10.5 Å². The van der Waals surface area contributed by atoms with Crippen molar-refractivity contribution in [1.29, 1.82) is 0 Å². The summed E-state index contributed by atoms with van der Waals surface area (Å²) in [5.41, 5.74) is 6.17. The summed E-state index contributed by atoms with van der Waals surface area (Å²) >= 11 is 0. The Labute approximate surface area is 215 Å². The molecule has 0 spiro atoms. The Hall–Kier alpha value is -4.25. The molecule has 1 aromatic heterocycles. The van der Waals surface area contributed by atoms with E-state index in [9.17, 15) is 13.6 Å². The van der Waals surface area contributed by atoms with Crippen LogP contribution >= 0.6 is 0 Å². The Kier molecular flexibility index (Phi) is 7.13. The number of carbonyl (C=O) groups is 1. The van der Waals surface area contributed by atoms with Crippen LogP contribution in [0.15, 0.2) is 103 Å². The maximum atomic E-state index is 13.5. The fraction of sp³-hybridized carbons (Fsp3) is 0.156. The number of halogens is 2. The molecule has 3 nitrogen and oxygen atoms in total. The molecule has 186 valence electrons. The van der Waals surface area contributed by atoms with E-state index >= 15 is 0 Å². The highest BCUT2D eigenvalue weighted by Gasteiger charge is 2.23. The predicted molar refractivity (Wildman–Crippen MR) is 143 cm³/mol. The summed E-state index contributed by atoms with van der Waals surface area (Å²) in [7, 11) is 0. The third-order valence-corrected chi connectivity index (χ3v) is 6.70. The molecule has 1 atom stereocenters. The lowest BCUT2D eigenvalue weighted by Gasteiger charge is -2.18. The number of nitrogens with one attached hydrogen (secondary N) is 1. The lowest BCUT2D eigenvalue weighted by atomic mass is 9.87. The van der Waals surface area contributed by atoms with Gasteiger partial charge in [-0.3, -0.25) is 4.79 Å². The molecule has 1 N–H and O–H groups in total. The maximum Gasteiger partial charge on any atom is 0.221 e. The Bertz CT molecular complexity index is 1520. The molecular formula is C32H28F2N2O. The minimum Gasteiger partial charge on any atom is -0.352 e. The van der Waals surface area contributed by atoms with E-state index < -0.39 is 0 Å². The molecule has 0 radical (unpaired) electrons. The Morgan fingerprint density at radius 3 is 2.22 bits per heavy atom. The van der Waals surface area contributed by atoms with Gasteiger partial charge in [-0.1, -0.05) is 72.3 Å². The van der Waals surface area contributed by atoms with Gasteiger partial charge in [-0.15, -0.1) is 0 Å². The molecule has 1 amide bonds. The number of hydrogen-bond acceptors (Lipinski definition) is 1. The van der Waals surface area contributed by atoms with Gasteiger partial charge in [0.25, 0.3) is 0 Å². The highest BCUT2D eigenvalue weighted by Crippen LogP contribution is 2.35. The van der Waals surface area contributed by atoms with Gasteiger partial charge in [0.2, 0.25) is 5.91 Å². The second-order valence-corrected chi connectivity index (χ2v) is 9.43. The summed E-state index contributed by atoms with van der Waals surface area (Å²) in [5, 5.41) is 4.08. The molecule has 1 unspecified atom stereocenters. The van der Waals surface area contributed by atoms with Crippen LogP contribution in [-0.2, 0) is 17.9 Å². The Morgan fingerprint density at radius 1 is 0.838 bits per heavy atom. The molecule has 5 rings (SSSR count). The smallest absolute Gasteiger partial charge is 0.221 e. The van der Waals surface area contributed by atoms with Gasteiger partial charge >= 0.3 is 0 Å². The van der Waals surface area contributed by atoms with Crippen molar-refractivity contribution < 1.29 is 13.6 Å². The first kappa shape index (κ1) is 24.4. The number of amides is 1. The van der Waals surface area contributed by atoms with Crippen LogP contribution < -0.4 is 5.32 Å². The molecule has 0 aliphatic carbocycles. The number of carbonyl (C=O) groups excluding carboxylic acids is 1. The van der Waals surface area contributed by atoms with Gasteiger partial charge in [-0.25, -0.2) is 8.78 Å². The van der Waals surface area contributed by atoms with E-state index in [2.05, 4.69) is 40.3 Å². The summed E-state index contributed by atoms with van der Waals surface area (Å²) < 4.78 is 28.9. The molecule has 0 saturated carbocycles. The van der Waals surface area contributed by atoms with E-state index in [1.165, 1.54) is 24.3 Å². The second kappa shape index (κ2) is 10.8. The monoisotopic (exact) mass is 494 g/mol. The fourth-order valence-corrected chi connectivity index (χ4v) is 4.82. The predicted octanol–water partition coefficient (Wildman–Crippen LogP) is 7.11. The number of fused-ring (bicyclic) bond motifs is 1. The highest BCUT2D eigenvalue weighted by atomic mass is 19.1. The van der Waals surface area contributed by atoms with Crippen molar-refractivity contribution in [1.82, 2.24) is 9.88 Å². The zero-order valence-electron chi connectivity index (χ0n) is 20.6. The van der Waals surface area contributed by atoms with Crippen molar-refractivity contribution in [2.24, 2.45) is 0 Å². The Balaban J connectivity index is 1.48. The van der Waals surface area contributed by atoms with E-state index in [0.717, 1.165) is 38.7 Å². The lowest BCUT2D eigenvalue weighted by molar-refractivity contribution is -0.121. The van der Waals surface area contributed by atoms with Gasteiger partial charge in [0.05, 0.1) is 0 Å². The first-order chi connectivity index (χ1) is 18.0. The number of benzene rings is 4. The summed E-state index contributed by atoms with van der Waals surface area (Å²) in [5.74, 6) is -0.793. The van der Waals surface area contributed by atoms with Crippen molar-refractivity contribution >= 4 is 16.8 Å². The third kappa shape index (κ3) is 5.78. The van der Waals surface area contributed by atoms with E-state index in [-0.39, 0.29) is 29.9 Å². The van der Waals surface area contributed by atoms with Gasteiger partial charge in [0, 0.05) is 42.5 Å². The minimum atomic E-state index is -0.299. The van der Waals surface area contributed by atoms with Gasteiger partial charge in [-0.05, 0) is 59.5 Å².